The van der Waals surface area contributed by atoms with Crippen molar-refractivity contribution in [2.24, 2.45) is 0 Å². The van der Waals surface area contributed by atoms with Crippen molar-refractivity contribution >= 4 is 15.9 Å². The van der Waals surface area contributed by atoms with Crippen molar-refractivity contribution in [2.45, 2.75) is 5.41 Å². The van der Waals surface area contributed by atoms with Crippen LogP contribution in [0.1, 0.15) is 22.3 Å². The highest BCUT2D eigenvalue weighted by molar-refractivity contribution is 9.10. The van der Waals surface area contributed by atoms with Crippen molar-refractivity contribution in [3.05, 3.63) is 142 Å². The van der Waals surface area contributed by atoms with E-state index in [2.05, 4.69) is 125 Å². The van der Waals surface area contributed by atoms with Crippen LogP contribution in [0.25, 0.3) is 22.3 Å². The number of para-hydroxylation sites is 1. The highest BCUT2D eigenvalue weighted by Gasteiger charge is 2.50. The Hall–Kier alpha value is -3.62. The number of rotatable bonds is 1. The normalized spacial score (nSPS) is 17.0. The van der Waals surface area contributed by atoms with Gasteiger partial charge < -0.3 is 4.74 Å². The van der Waals surface area contributed by atoms with E-state index in [1.165, 1.54) is 38.9 Å². The first kappa shape index (κ1) is 18.9. The average molecular weight is 487 g/mol. The van der Waals surface area contributed by atoms with Gasteiger partial charge in [0.15, 0.2) is 0 Å². The summed E-state index contributed by atoms with van der Waals surface area (Å²) in [5.74, 6) is 1.83. The second kappa shape index (κ2) is 6.94. The van der Waals surface area contributed by atoms with Gasteiger partial charge in [0.25, 0.3) is 0 Å². The molecule has 0 saturated carbocycles. The Balaban J connectivity index is 1.60. The number of hydrogen-bond donors (Lipinski definition) is 0. The zero-order chi connectivity index (χ0) is 22.0. The maximum absolute atomic E-state index is 6.57. The first-order chi connectivity index (χ1) is 16.3. The second-order valence-electron chi connectivity index (χ2n) is 8.66. The Morgan fingerprint density at radius 1 is 0.485 bits per heavy atom. The maximum atomic E-state index is 6.57. The molecule has 0 bridgehead atoms. The molecule has 0 N–H and O–H groups in total. The molecule has 1 aliphatic carbocycles. The van der Waals surface area contributed by atoms with Crippen LogP contribution in [0.15, 0.2) is 120 Å². The largest absolute Gasteiger partial charge is 0.457 e. The first-order valence-electron chi connectivity index (χ1n) is 11.1. The zero-order valence-corrected chi connectivity index (χ0v) is 19.3. The molecule has 1 spiro atoms. The summed E-state index contributed by atoms with van der Waals surface area (Å²) in [6, 6.07) is 41.2. The summed E-state index contributed by atoms with van der Waals surface area (Å²) < 4.78 is 7.66. The van der Waals surface area contributed by atoms with Gasteiger partial charge >= 0.3 is 0 Å². The molecule has 1 unspecified atom stereocenters. The van der Waals surface area contributed by atoms with E-state index < -0.39 is 5.41 Å². The fourth-order valence-corrected chi connectivity index (χ4v) is 6.05. The van der Waals surface area contributed by atoms with Crippen molar-refractivity contribution in [3.63, 3.8) is 0 Å². The Morgan fingerprint density at radius 2 is 1.15 bits per heavy atom. The monoisotopic (exact) mass is 486 g/mol. The van der Waals surface area contributed by atoms with Gasteiger partial charge in [0.2, 0.25) is 0 Å². The van der Waals surface area contributed by atoms with Crippen LogP contribution in [0.5, 0.6) is 11.5 Å². The molecule has 33 heavy (non-hydrogen) atoms. The van der Waals surface area contributed by atoms with Gasteiger partial charge in [0, 0.05) is 15.6 Å². The topological polar surface area (TPSA) is 9.23 Å². The van der Waals surface area contributed by atoms with Crippen LogP contribution in [0.3, 0.4) is 0 Å². The molecule has 0 amide bonds. The lowest BCUT2D eigenvalue weighted by atomic mass is 9.66. The highest BCUT2D eigenvalue weighted by Crippen LogP contribution is 2.62. The van der Waals surface area contributed by atoms with Crippen molar-refractivity contribution in [1.82, 2.24) is 0 Å². The molecule has 0 saturated heterocycles. The van der Waals surface area contributed by atoms with Gasteiger partial charge in [-0.05, 0) is 57.6 Å². The fraction of sp³-hybridized carbons (Fsp3) is 0.0323. The second-order valence-corrected chi connectivity index (χ2v) is 9.58. The summed E-state index contributed by atoms with van der Waals surface area (Å²) in [5.41, 5.74) is 9.48. The van der Waals surface area contributed by atoms with Crippen LogP contribution >= 0.6 is 15.9 Å². The highest BCUT2D eigenvalue weighted by atomic mass is 79.9. The minimum Gasteiger partial charge on any atom is -0.457 e. The molecule has 1 nitrogen and oxygen atoms in total. The number of ether oxygens (including phenoxy) is 1. The lowest BCUT2D eigenvalue weighted by Gasteiger charge is -2.39. The predicted octanol–water partition coefficient (Wildman–Crippen LogP) is 8.58. The quantitative estimate of drug-likeness (QED) is 0.225. The summed E-state index contributed by atoms with van der Waals surface area (Å²) in [6.07, 6.45) is 0. The van der Waals surface area contributed by atoms with Crippen molar-refractivity contribution in [3.8, 4) is 33.8 Å². The van der Waals surface area contributed by atoms with Crippen LogP contribution in [0.4, 0.5) is 0 Å². The maximum Gasteiger partial charge on any atom is 0.132 e. The third-order valence-corrected chi connectivity index (χ3v) is 7.50. The third kappa shape index (κ3) is 2.53. The molecular weight excluding hydrogens is 468 g/mol. The molecule has 5 aromatic carbocycles. The molecule has 156 valence electrons. The Kier molecular flexibility index (Phi) is 3.97. The Morgan fingerprint density at radius 3 is 2.03 bits per heavy atom. The minimum atomic E-state index is -0.411. The Bertz CT molecular complexity index is 1550. The van der Waals surface area contributed by atoms with E-state index in [0.29, 0.717) is 0 Å². The molecule has 7 rings (SSSR count). The van der Waals surface area contributed by atoms with E-state index in [-0.39, 0.29) is 0 Å². The number of fused-ring (bicyclic) bond motifs is 9. The first-order valence-corrected chi connectivity index (χ1v) is 11.9. The molecular formula is C31H19BrO. The van der Waals surface area contributed by atoms with Gasteiger partial charge in [-0.1, -0.05) is 107 Å². The smallest absolute Gasteiger partial charge is 0.132 e. The molecule has 1 aliphatic heterocycles. The van der Waals surface area contributed by atoms with Gasteiger partial charge in [-0.15, -0.1) is 0 Å². The van der Waals surface area contributed by atoms with E-state index in [9.17, 15) is 0 Å². The summed E-state index contributed by atoms with van der Waals surface area (Å²) in [7, 11) is 0. The van der Waals surface area contributed by atoms with Gasteiger partial charge in [0.05, 0.1) is 5.41 Å². The molecule has 0 radical (unpaired) electrons. The lowest BCUT2D eigenvalue weighted by molar-refractivity contribution is 0.436. The van der Waals surface area contributed by atoms with Crippen molar-refractivity contribution in [1.29, 1.82) is 0 Å². The summed E-state index contributed by atoms with van der Waals surface area (Å²) in [4.78, 5) is 0. The Labute approximate surface area is 201 Å². The molecule has 2 heteroatoms. The summed E-state index contributed by atoms with van der Waals surface area (Å²) in [5, 5.41) is 0. The van der Waals surface area contributed by atoms with E-state index in [4.69, 9.17) is 4.74 Å². The van der Waals surface area contributed by atoms with Gasteiger partial charge in [-0.2, -0.15) is 0 Å². The van der Waals surface area contributed by atoms with Gasteiger partial charge in [-0.3, -0.25) is 0 Å². The third-order valence-electron chi connectivity index (χ3n) is 7.01. The number of benzene rings is 5. The van der Waals surface area contributed by atoms with Crippen LogP contribution in [-0.4, -0.2) is 0 Å². The van der Waals surface area contributed by atoms with Gasteiger partial charge in [-0.25, -0.2) is 0 Å². The number of hydrogen-bond acceptors (Lipinski definition) is 1. The van der Waals surface area contributed by atoms with Crippen LogP contribution in [-0.2, 0) is 5.41 Å². The molecule has 1 heterocycles. The molecule has 1 atom stereocenters. The fourth-order valence-electron chi connectivity index (χ4n) is 5.69. The van der Waals surface area contributed by atoms with Gasteiger partial charge in [0.1, 0.15) is 11.5 Å². The molecule has 0 aromatic heterocycles. The SMILES string of the molecule is Brc1ccc2c(c1)-c1ccccc1C21c2ccccc2Oc2cc(-c3ccccc3)ccc21. The average Bonchev–Trinajstić information content (AvgIpc) is 3.15. The van der Waals surface area contributed by atoms with E-state index in [0.717, 1.165) is 21.5 Å². The van der Waals surface area contributed by atoms with Crippen molar-refractivity contribution in [2.75, 3.05) is 0 Å². The molecule has 0 fully saturated rings. The number of halogens is 1. The molecule has 5 aromatic rings. The predicted molar refractivity (Wildman–Crippen MR) is 137 cm³/mol. The van der Waals surface area contributed by atoms with E-state index in [1.54, 1.807) is 0 Å². The van der Waals surface area contributed by atoms with E-state index >= 15 is 0 Å². The van der Waals surface area contributed by atoms with Crippen LogP contribution in [0, 0.1) is 0 Å². The zero-order valence-electron chi connectivity index (χ0n) is 17.8. The van der Waals surface area contributed by atoms with Crippen molar-refractivity contribution < 1.29 is 4.74 Å². The summed E-state index contributed by atoms with van der Waals surface area (Å²) >= 11 is 3.70. The standard InChI is InChI=1S/C31H19BrO/c32-22-15-17-26-24(19-22)23-10-4-5-11-25(23)31(26)27-12-6-7-13-29(27)33-30-18-21(14-16-28(30)31)20-8-2-1-3-9-20/h1-19H. The minimum absolute atomic E-state index is 0.411. The van der Waals surface area contributed by atoms with Crippen LogP contribution < -0.4 is 4.74 Å². The summed E-state index contributed by atoms with van der Waals surface area (Å²) in [6.45, 7) is 0. The molecule has 2 aliphatic rings. The lowest BCUT2D eigenvalue weighted by Crippen LogP contribution is -2.32. The van der Waals surface area contributed by atoms with Crippen LogP contribution in [0.2, 0.25) is 0 Å². The van der Waals surface area contributed by atoms with E-state index in [1.807, 2.05) is 6.07 Å².